The van der Waals surface area contributed by atoms with Crippen LogP contribution in [0.4, 0.5) is 0 Å². The zero-order valence-electron chi connectivity index (χ0n) is 19.2. The molecule has 0 saturated carbocycles. The van der Waals surface area contributed by atoms with E-state index in [9.17, 15) is 19.8 Å². The number of ether oxygens (including phenoxy) is 2. The number of pyridine rings is 3. The van der Waals surface area contributed by atoms with Gasteiger partial charge in [-0.3, -0.25) is 9.97 Å². The van der Waals surface area contributed by atoms with Gasteiger partial charge in [0.1, 0.15) is 17.1 Å². The summed E-state index contributed by atoms with van der Waals surface area (Å²) in [5, 5.41) is 18.9. The minimum atomic E-state index is -1.17. The zero-order valence-corrected chi connectivity index (χ0v) is 19.2. The number of rotatable bonds is 6. The molecule has 9 heteroatoms. The molecule has 3 aromatic heterocycles. The van der Waals surface area contributed by atoms with Crippen LogP contribution >= 0.6 is 0 Å². The summed E-state index contributed by atoms with van der Waals surface area (Å²) < 4.78 is 10.8. The number of hydrogen-bond donors (Lipinski definition) is 2. The fraction of sp³-hybridized carbons (Fsp3) is 0.0741. The van der Waals surface area contributed by atoms with Crippen LogP contribution in [0.5, 0.6) is 11.5 Å². The van der Waals surface area contributed by atoms with Crippen LogP contribution in [-0.2, 0) is 0 Å². The molecule has 4 aromatic rings. The van der Waals surface area contributed by atoms with Gasteiger partial charge in [0.15, 0.2) is 0 Å². The van der Waals surface area contributed by atoms with Gasteiger partial charge in [-0.25, -0.2) is 14.6 Å². The van der Waals surface area contributed by atoms with Crippen molar-refractivity contribution in [3.8, 4) is 46.1 Å². The number of methoxy groups -OCH3 is 2. The van der Waals surface area contributed by atoms with Crippen molar-refractivity contribution in [2.24, 2.45) is 0 Å². The molecule has 0 unspecified atom stereocenters. The average molecular weight is 481 g/mol. The van der Waals surface area contributed by atoms with Crippen LogP contribution in [0.1, 0.15) is 31.8 Å². The highest BCUT2D eigenvalue weighted by Gasteiger charge is 2.15. The van der Waals surface area contributed by atoms with Gasteiger partial charge < -0.3 is 19.7 Å². The molecule has 178 valence electrons. The number of carboxylic acid groups (broad SMARTS) is 2. The van der Waals surface area contributed by atoms with Gasteiger partial charge in [0, 0.05) is 18.0 Å². The second-order valence-electron chi connectivity index (χ2n) is 7.38. The van der Waals surface area contributed by atoms with Gasteiger partial charge in [-0.15, -0.1) is 0 Å². The molecule has 0 aliphatic heterocycles. The Bertz CT molecular complexity index is 1520. The van der Waals surface area contributed by atoms with Crippen molar-refractivity contribution in [3.63, 3.8) is 0 Å². The first-order valence-electron chi connectivity index (χ1n) is 10.5. The van der Waals surface area contributed by atoms with Crippen LogP contribution in [0.25, 0.3) is 22.8 Å². The minimum Gasteiger partial charge on any atom is -0.495 e. The van der Waals surface area contributed by atoms with Crippen LogP contribution < -0.4 is 9.47 Å². The van der Waals surface area contributed by atoms with Crippen molar-refractivity contribution >= 4 is 11.9 Å². The van der Waals surface area contributed by atoms with Crippen molar-refractivity contribution in [2.75, 3.05) is 14.2 Å². The van der Waals surface area contributed by atoms with Crippen molar-refractivity contribution in [3.05, 3.63) is 89.2 Å². The third kappa shape index (κ3) is 5.13. The molecule has 9 nitrogen and oxygen atoms in total. The highest BCUT2D eigenvalue weighted by molar-refractivity contribution is 5.91. The number of carboxylic acids is 2. The standard InChI is InChI=1S/C27H19N3O6/c1-35-24-4-3-5-25(36-2)19(24)7-6-16-8-10-28-20(12-16)22-14-18(27(33)34)15-23(30-22)21-13-17(26(31)32)9-11-29-21/h3-5,8-15H,1-2H3,(H,31,32)(H,33,34). The molecule has 2 N–H and O–H groups in total. The number of nitrogens with zero attached hydrogens (tertiary/aromatic N) is 3. The van der Waals surface area contributed by atoms with E-state index >= 15 is 0 Å². The van der Waals surface area contributed by atoms with E-state index in [1.54, 1.807) is 44.6 Å². The molecule has 0 spiro atoms. The number of carbonyl (C=O) groups is 2. The predicted molar refractivity (Wildman–Crippen MR) is 130 cm³/mol. The lowest BCUT2D eigenvalue weighted by Gasteiger charge is -2.08. The molecule has 0 bridgehead atoms. The average Bonchev–Trinajstić information content (AvgIpc) is 2.91. The van der Waals surface area contributed by atoms with E-state index in [4.69, 9.17) is 9.47 Å². The summed E-state index contributed by atoms with van der Waals surface area (Å²) in [5.41, 5.74) is 2.21. The summed E-state index contributed by atoms with van der Waals surface area (Å²) in [4.78, 5) is 36.1. The summed E-state index contributed by atoms with van der Waals surface area (Å²) in [5.74, 6) is 4.93. The van der Waals surface area contributed by atoms with E-state index in [-0.39, 0.29) is 28.2 Å². The first-order valence-corrected chi connectivity index (χ1v) is 10.5. The van der Waals surface area contributed by atoms with E-state index in [2.05, 4.69) is 26.8 Å². The molecular weight excluding hydrogens is 462 g/mol. The van der Waals surface area contributed by atoms with E-state index < -0.39 is 11.9 Å². The van der Waals surface area contributed by atoms with Crippen LogP contribution in [0.3, 0.4) is 0 Å². The molecule has 36 heavy (non-hydrogen) atoms. The third-order valence-electron chi connectivity index (χ3n) is 5.12. The molecule has 0 atom stereocenters. The Morgan fingerprint density at radius 3 is 1.86 bits per heavy atom. The van der Waals surface area contributed by atoms with Crippen molar-refractivity contribution in [1.29, 1.82) is 0 Å². The normalized spacial score (nSPS) is 10.2. The summed E-state index contributed by atoms with van der Waals surface area (Å²) in [6, 6.07) is 14.1. The largest absolute Gasteiger partial charge is 0.495 e. The van der Waals surface area contributed by atoms with Crippen molar-refractivity contribution in [2.45, 2.75) is 0 Å². The fourth-order valence-corrected chi connectivity index (χ4v) is 3.38. The molecule has 0 aliphatic rings. The monoisotopic (exact) mass is 481 g/mol. The summed E-state index contributed by atoms with van der Waals surface area (Å²) in [6.07, 6.45) is 2.87. The second-order valence-corrected chi connectivity index (χ2v) is 7.38. The molecule has 0 saturated heterocycles. The maximum absolute atomic E-state index is 11.8. The summed E-state index contributed by atoms with van der Waals surface area (Å²) in [7, 11) is 3.09. The molecule has 0 fully saturated rings. The molecule has 4 rings (SSSR count). The highest BCUT2D eigenvalue weighted by atomic mass is 16.5. The van der Waals surface area contributed by atoms with Gasteiger partial charge >= 0.3 is 11.9 Å². The molecule has 0 radical (unpaired) electrons. The fourth-order valence-electron chi connectivity index (χ4n) is 3.38. The van der Waals surface area contributed by atoms with Crippen molar-refractivity contribution in [1.82, 2.24) is 15.0 Å². The number of aromatic nitrogens is 3. The summed E-state index contributed by atoms with van der Waals surface area (Å²) in [6.45, 7) is 0. The Hall–Kier alpha value is -5.23. The maximum Gasteiger partial charge on any atom is 0.335 e. The number of benzene rings is 1. The van der Waals surface area contributed by atoms with Gasteiger partial charge in [0.2, 0.25) is 0 Å². The van der Waals surface area contributed by atoms with Crippen molar-refractivity contribution < 1.29 is 29.3 Å². The van der Waals surface area contributed by atoms with Gasteiger partial charge in [-0.05, 0) is 48.5 Å². The van der Waals surface area contributed by atoms with Gasteiger partial charge in [0.05, 0.1) is 48.1 Å². The first-order chi connectivity index (χ1) is 17.4. The molecule has 1 aromatic carbocycles. The number of hydrogen-bond acceptors (Lipinski definition) is 7. The zero-order chi connectivity index (χ0) is 25.7. The Morgan fingerprint density at radius 1 is 0.722 bits per heavy atom. The van der Waals surface area contributed by atoms with Gasteiger partial charge in [-0.2, -0.15) is 0 Å². The lowest BCUT2D eigenvalue weighted by Crippen LogP contribution is -2.02. The molecular formula is C27H19N3O6. The number of aromatic carboxylic acids is 2. The van der Waals surface area contributed by atoms with E-state index in [0.29, 0.717) is 28.3 Å². The van der Waals surface area contributed by atoms with Crippen LogP contribution in [0.15, 0.2) is 67.0 Å². The lowest BCUT2D eigenvalue weighted by atomic mass is 10.1. The van der Waals surface area contributed by atoms with E-state index in [1.165, 1.54) is 36.7 Å². The van der Waals surface area contributed by atoms with E-state index in [1.807, 2.05) is 0 Å². The third-order valence-corrected chi connectivity index (χ3v) is 5.12. The Balaban J connectivity index is 1.78. The van der Waals surface area contributed by atoms with E-state index in [0.717, 1.165) is 0 Å². The first kappa shape index (κ1) is 23.9. The molecule has 0 aliphatic carbocycles. The van der Waals surface area contributed by atoms with Gasteiger partial charge in [0.25, 0.3) is 0 Å². The van der Waals surface area contributed by atoms with Gasteiger partial charge in [-0.1, -0.05) is 17.9 Å². The second kappa shape index (κ2) is 10.4. The molecule has 0 amide bonds. The van der Waals surface area contributed by atoms with Crippen LogP contribution in [-0.4, -0.2) is 51.3 Å². The topological polar surface area (TPSA) is 132 Å². The maximum atomic E-state index is 11.8. The SMILES string of the molecule is COc1cccc(OC)c1C#Cc1ccnc(-c2cc(C(=O)O)cc(-c3cc(C(=O)O)ccn3)n2)c1. The summed E-state index contributed by atoms with van der Waals surface area (Å²) >= 11 is 0. The van der Waals surface area contributed by atoms with Crippen LogP contribution in [0.2, 0.25) is 0 Å². The van der Waals surface area contributed by atoms with Crippen LogP contribution in [0, 0.1) is 11.8 Å². The quantitative estimate of drug-likeness (QED) is 0.392. The molecule has 3 heterocycles. The predicted octanol–water partition coefficient (Wildman–Crippen LogP) is 4.02. The Morgan fingerprint density at radius 2 is 1.28 bits per heavy atom. The smallest absolute Gasteiger partial charge is 0.335 e. The Labute approximate surface area is 206 Å². The Kier molecular flexibility index (Phi) is 6.88. The lowest BCUT2D eigenvalue weighted by molar-refractivity contribution is 0.0686. The highest BCUT2D eigenvalue weighted by Crippen LogP contribution is 2.27. The minimum absolute atomic E-state index is 0.00578.